The van der Waals surface area contributed by atoms with Gasteiger partial charge >= 0.3 is 0 Å². The number of hydrogen-bond donors (Lipinski definition) is 0. The van der Waals surface area contributed by atoms with E-state index in [2.05, 4.69) is 4.98 Å². The van der Waals surface area contributed by atoms with Crippen molar-refractivity contribution in [3.8, 4) is 0 Å². The molecular weight excluding hydrogens is 208 g/mol. The third-order valence-electron chi connectivity index (χ3n) is 2.43. The van der Waals surface area contributed by atoms with Crippen molar-refractivity contribution >= 4 is 17.2 Å². The maximum Gasteiger partial charge on any atom is 0.227 e. The molecule has 0 fully saturated rings. The quantitative estimate of drug-likeness (QED) is 0.788. The second-order valence-electron chi connectivity index (χ2n) is 3.48. The third kappa shape index (κ3) is 3.02. The summed E-state index contributed by atoms with van der Waals surface area (Å²) in [5.74, 6) is 0.201. The first-order valence-corrected chi connectivity index (χ1v) is 6.10. The lowest BCUT2D eigenvalue weighted by Crippen LogP contribution is -2.31. The third-order valence-corrected chi connectivity index (χ3v) is 3.50. The minimum absolute atomic E-state index is 0.201. The fraction of sp³-hybridized carbons (Fsp3) is 0.636. The van der Waals surface area contributed by atoms with Gasteiger partial charge in [0.1, 0.15) is 0 Å². The smallest absolute Gasteiger partial charge is 0.227 e. The van der Waals surface area contributed by atoms with Gasteiger partial charge in [0.05, 0.1) is 17.1 Å². The summed E-state index contributed by atoms with van der Waals surface area (Å²) < 4.78 is 0. The van der Waals surface area contributed by atoms with Crippen LogP contribution in [0.15, 0.2) is 0 Å². The van der Waals surface area contributed by atoms with Crippen LogP contribution in [0.2, 0.25) is 0 Å². The Morgan fingerprint density at radius 3 is 2.33 bits per heavy atom. The topological polar surface area (TPSA) is 33.2 Å². The number of amides is 1. The van der Waals surface area contributed by atoms with E-state index >= 15 is 0 Å². The molecule has 15 heavy (non-hydrogen) atoms. The number of rotatable bonds is 4. The molecule has 0 bridgehead atoms. The molecule has 0 aliphatic carbocycles. The molecule has 4 heteroatoms. The molecule has 0 saturated carbocycles. The highest BCUT2D eigenvalue weighted by molar-refractivity contribution is 7.11. The Kier molecular flexibility index (Phi) is 4.27. The van der Waals surface area contributed by atoms with Gasteiger partial charge in [-0.1, -0.05) is 0 Å². The van der Waals surface area contributed by atoms with Crippen LogP contribution in [-0.4, -0.2) is 28.9 Å². The predicted molar refractivity (Wildman–Crippen MR) is 63.2 cm³/mol. The molecule has 1 heterocycles. The number of carbonyl (C=O) groups is 1. The monoisotopic (exact) mass is 226 g/mol. The van der Waals surface area contributed by atoms with E-state index in [0.29, 0.717) is 6.42 Å². The number of likely N-dealkylation sites (N-methyl/N-ethyl adjacent to an activating group) is 1. The van der Waals surface area contributed by atoms with Crippen molar-refractivity contribution in [2.24, 2.45) is 0 Å². The highest BCUT2D eigenvalue weighted by Crippen LogP contribution is 2.18. The molecule has 0 radical (unpaired) electrons. The van der Waals surface area contributed by atoms with Gasteiger partial charge in [0.15, 0.2) is 0 Å². The Bertz CT molecular complexity index is 342. The van der Waals surface area contributed by atoms with Crippen molar-refractivity contribution < 1.29 is 4.79 Å². The van der Waals surface area contributed by atoms with Crippen molar-refractivity contribution in [3.63, 3.8) is 0 Å². The van der Waals surface area contributed by atoms with Crippen LogP contribution in [-0.2, 0) is 11.2 Å². The molecule has 1 amide bonds. The predicted octanol–water partition coefficient (Wildman–Crippen LogP) is 2.17. The lowest BCUT2D eigenvalue weighted by molar-refractivity contribution is -0.130. The lowest BCUT2D eigenvalue weighted by Gasteiger charge is -2.17. The minimum atomic E-state index is 0.201. The van der Waals surface area contributed by atoms with Crippen LogP contribution in [0.1, 0.15) is 29.4 Å². The Hall–Kier alpha value is -0.900. The van der Waals surface area contributed by atoms with Crippen LogP contribution in [0.25, 0.3) is 0 Å². The first-order chi connectivity index (χ1) is 7.08. The van der Waals surface area contributed by atoms with E-state index in [4.69, 9.17) is 0 Å². The molecule has 0 aliphatic heterocycles. The lowest BCUT2D eigenvalue weighted by atomic mass is 10.2. The Morgan fingerprint density at radius 2 is 1.93 bits per heavy atom. The van der Waals surface area contributed by atoms with Crippen molar-refractivity contribution in [1.29, 1.82) is 0 Å². The van der Waals surface area contributed by atoms with Crippen LogP contribution < -0.4 is 0 Å². The largest absolute Gasteiger partial charge is 0.343 e. The zero-order valence-corrected chi connectivity index (χ0v) is 10.6. The fourth-order valence-electron chi connectivity index (χ4n) is 1.56. The van der Waals surface area contributed by atoms with Crippen LogP contribution in [0, 0.1) is 13.8 Å². The number of aromatic nitrogens is 1. The molecule has 0 saturated heterocycles. The maximum absolute atomic E-state index is 11.8. The van der Waals surface area contributed by atoms with Crippen molar-refractivity contribution in [2.75, 3.05) is 13.1 Å². The van der Waals surface area contributed by atoms with E-state index in [-0.39, 0.29) is 5.91 Å². The van der Waals surface area contributed by atoms with E-state index < -0.39 is 0 Å². The summed E-state index contributed by atoms with van der Waals surface area (Å²) in [5.41, 5.74) is 0.998. The van der Waals surface area contributed by atoms with Crippen LogP contribution >= 0.6 is 11.3 Å². The Morgan fingerprint density at radius 1 is 1.33 bits per heavy atom. The summed E-state index contributed by atoms with van der Waals surface area (Å²) >= 11 is 1.62. The van der Waals surface area contributed by atoms with Crippen molar-refractivity contribution in [3.05, 3.63) is 15.6 Å². The zero-order valence-electron chi connectivity index (χ0n) is 9.83. The van der Waals surface area contributed by atoms with Gasteiger partial charge < -0.3 is 4.90 Å². The van der Waals surface area contributed by atoms with Gasteiger partial charge in [-0.05, 0) is 27.7 Å². The number of aryl methyl sites for hydroxylation is 2. The maximum atomic E-state index is 11.8. The molecule has 0 aliphatic rings. The van der Waals surface area contributed by atoms with Crippen molar-refractivity contribution in [1.82, 2.24) is 9.88 Å². The van der Waals surface area contributed by atoms with Gasteiger partial charge in [-0.3, -0.25) is 4.79 Å². The number of carbonyl (C=O) groups excluding carboxylic acids is 1. The van der Waals surface area contributed by atoms with Gasteiger partial charge in [-0.25, -0.2) is 4.98 Å². The molecule has 1 aromatic heterocycles. The van der Waals surface area contributed by atoms with Gasteiger partial charge in [-0.15, -0.1) is 11.3 Å². The summed E-state index contributed by atoms with van der Waals surface area (Å²) in [6.45, 7) is 9.52. The van der Waals surface area contributed by atoms with Gasteiger partial charge in [0.25, 0.3) is 0 Å². The van der Waals surface area contributed by atoms with Gasteiger partial charge in [0, 0.05) is 18.0 Å². The summed E-state index contributed by atoms with van der Waals surface area (Å²) in [4.78, 5) is 19.1. The molecule has 84 valence electrons. The molecule has 1 rings (SSSR count). The van der Waals surface area contributed by atoms with E-state index in [9.17, 15) is 4.79 Å². The average molecular weight is 226 g/mol. The zero-order chi connectivity index (χ0) is 11.4. The normalized spacial score (nSPS) is 10.4. The summed E-state index contributed by atoms with van der Waals surface area (Å²) in [7, 11) is 0. The summed E-state index contributed by atoms with van der Waals surface area (Å²) in [5, 5.41) is 1.04. The number of thiazole rings is 1. The second kappa shape index (κ2) is 5.26. The molecule has 0 unspecified atom stereocenters. The number of nitrogens with zero attached hydrogens (tertiary/aromatic N) is 2. The molecular formula is C11H18N2OS. The molecule has 0 aromatic carbocycles. The standard InChI is InChI=1S/C11H18N2OS/c1-5-13(6-2)11(14)7-10-8(3)12-9(4)15-10/h5-7H2,1-4H3. The SMILES string of the molecule is CCN(CC)C(=O)Cc1sc(C)nc1C. The second-order valence-corrected chi connectivity index (χ2v) is 4.77. The van der Waals surface area contributed by atoms with E-state index in [1.165, 1.54) is 0 Å². The summed E-state index contributed by atoms with van der Waals surface area (Å²) in [6, 6.07) is 0. The molecule has 3 nitrogen and oxygen atoms in total. The Balaban J connectivity index is 2.69. The summed E-state index contributed by atoms with van der Waals surface area (Å²) in [6.07, 6.45) is 0.499. The van der Waals surface area contributed by atoms with E-state index in [0.717, 1.165) is 28.7 Å². The highest BCUT2D eigenvalue weighted by Gasteiger charge is 2.14. The molecule has 0 atom stereocenters. The van der Waals surface area contributed by atoms with E-state index in [1.54, 1.807) is 11.3 Å². The van der Waals surface area contributed by atoms with Gasteiger partial charge in [-0.2, -0.15) is 0 Å². The molecule has 1 aromatic rings. The van der Waals surface area contributed by atoms with E-state index in [1.807, 2.05) is 32.6 Å². The van der Waals surface area contributed by atoms with Crippen LogP contribution in [0.3, 0.4) is 0 Å². The first-order valence-electron chi connectivity index (χ1n) is 5.29. The van der Waals surface area contributed by atoms with Gasteiger partial charge in [0.2, 0.25) is 5.91 Å². The van der Waals surface area contributed by atoms with Crippen LogP contribution in [0.4, 0.5) is 0 Å². The Labute approximate surface area is 95.1 Å². The number of hydrogen-bond acceptors (Lipinski definition) is 3. The molecule has 0 N–H and O–H groups in total. The first kappa shape index (κ1) is 12.2. The minimum Gasteiger partial charge on any atom is -0.343 e. The van der Waals surface area contributed by atoms with Crippen LogP contribution in [0.5, 0.6) is 0 Å². The highest BCUT2D eigenvalue weighted by atomic mass is 32.1. The molecule has 0 spiro atoms. The fourth-order valence-corrected chi connectivity index (χ4v) is 2.49. The van der Waals surface area contributed by atoms with Crippen molar-refractivity contribution in [2.45, 2.75) is 34.1 Å². The average Bonchev–Trinajstić information content (AvgIpc) is 2.47.